The quantitative estimate of drug-likeness (QED) is 0.520. The third-order valence-corrected chi connectivity index (χ3v) is 3.92. The highest BCUT2D eigenvalue weighted by Crippen LogP contribution is 2.27. The van der Waals surface area contributed by atoms with Crippen LogP contribution in [0.3, 0.4) is 0 Å². The summed E-state index contributed by atoms with van der Waals surface area (Å²) in [5.41, 5.74) is 1.20. The molecule has 0 fully saturated rings. The topological polar surface area (TPSA) is 52.6 Å². The minimum Gasteiger partial charge on any atom is -0.460 e. The van der Waals surface area contributed by atoms with Crippen molar-refractivity contribution in [3.05, 3.63) is 83.9 Å². The zero-order valence-electron chi connectivity index (χ0n) is 15.2. The molecule has 2 aromatic rings. The Kier molecular flexibility index (Phi) is 6.73. The summed E-state index contributed by atoms with van der Waals surface area (Å²) in [5, 5.41) is 0. The summed E-state index contributed by atoms with van der Waals surface area (Å²) in [4.78, 5) is 24.5. The number of benzene rings is 2. The van der Waals surface area contributed by atoms with Crippen LogP contribution in [-0.2, 0) is 32.3 Å². The van der Waals surface area contributed by atoms with Crippen molar-refractivity contribution in [3.8, 4) is 0 Å². The summed E-state index contributed by atoms with van der Waals surface area (Å²) in [5.74, 6) is -0.879. The van der Waals surface area contributed by atoms with Crippen LogP contribution in [0.25, 0.3) is 0 Å². The Hall–Kier alpha value is -2.88. The molecule has 0 saturated carbocycles. The summed E-state index contributed by atoms with van der Waals surface area (Å²) in [6.07, 6.45) is 0.175. The second-order valence-electron chi connectivity index (χ2n) is 6.79. The Balaban J connectivity index is 1.83. The van der Waals surface area contributed by atoms with Gasteiger partial charge in [0, 0.05) is 5.57 Å². The van der Waals surface area contributed by atoms with Gasteiger partial charge in [0.2, 0.25) is 0 Å². The highest BCUT2D eigenvalue weighted by Gasteiger charge is 2.32. The third-order valence-electron chi connectivity index (χ3n) is 3.92. The lowest BCUT2D eigenvalue weighted by Crippen LogP contribution is -2.28. The average Bonchev–Trinajstić information content (AvgIpc) is 2.65. The van der Waals surface area contributed by atoms with Crippen molar-refractivity contribution in [1.82, 2.24) is 0 Å². The fourth-order valence-electron chi connectivity index (χ4n) is 2.42. The Labute approximate surface area is 154 Å². The van der Waals surface area contributed by atoms with Crippen LogP contribution in [0, 0.1) is 5.41 Å². The van der Waals surface area contributed by atoms with Gasteiger partial charge in [-0.25, -0.2) is 4.79 Å². The molecule has 0 aliphatic rings. The van der Waals surface area contributed by atoms with E-state index < -0.39 is 11.4 Å². The van der Waals surface area contributed by atoms with Crippen LogP contribution >= 0.6 is 0 Å². The lowest BCUT2D eigenvalue weighted by molar-refractivity contribution is -0.155. The summed E-state index contributed by atoms with van der Waals surface area (Å²) in [7, 11) is 0. The van der Waals surface area contributed by atoms with E-state index in [9.17, 15) is 9.59 Å². The Morgan fingerprint density at radius 1 is 0.846 bits per heavy atom. The maximum absolute atomic E-state index is 12.4. The summed E-state index contributed by atoms with van der Waals surface area (Å²) in [6.45, 7) is 7.62. The van der Waals surface area contributed by atoms with E-state index in [1.807, 2.05) is 60.7 Å². The normalized spacial score (nSPS) is 10.8. The van der Waals surface area contributed by atoms with Crippen molar-refractivity contribution in [2.45, 2.75) is 33.5 Å². The molecule has 26 heavy (non-hydrogen) atoms. The SMILES string of the molecule is C=C(CC(C)(C)C(=O)OCc1ccccc1)C(=O)OCc1ccccc1. The van der Waals surface area contributed by atoms with Gasteiger partial charge < -0.3 is 9.47 Å². The first-order valence-electron chi connectivity index (χ1n) is 8.48. The minimum absolute atomic E-state index is 0.175. The molecule has 2 rings (SSSR count). The molecule has 4 nitrogen and oxygen atoms in total. The summed E-state index contributed by atoms with van der Waals surface area (Å²) >= 11 is 0. The summed E-state index contributed by atoms with van der Waals surface area (Å²) in [6, 6.07) is 18.9. The number of carbonyl (C=O) groups excluding carboxylic acids is 2. The minimum atomic E-state index is -0.863. The number of esters is 2. The molecule has 0 radical (unpaired) electrons. The molecule has 4 heteroatoms. The Bertz CT molecular complexity index is 748. The first-order chi connectivity index (χ1) is 12.4. The van der Waals surface area contributed by atoms with Crippen LogP contribution in [0.5, 0.6) is 0 Å². The monoisotopic (exact) mass is 352 g/mol. The maximum atomic E-state index is 12.4. The van der Waals surface area contributed by atoms with Gasteiger partial charge in [0.05, 0.1) is 5.41 Å². The first-order valence-corrected chi connectivity index (χ1v) is 8.48. The zero-order chi connectivity index (χ0) is 19.0. The Morgan fingerprint density at radius 2 is 1.31 bits per heavy atom. The first kappa shape index (κ1) is 19.4. The molecule has 0 heterocycles. The van der Waals surface area contributed by atoms with Gasteiger partial charge in [0.25, 0.3) is 0 Å². The highest BCUT2D eigenvalue weighted by atomic mass is 16.5. The van der Waals surface area contributed by atoms with E-state index >= 15 is 0 Å². The molecule has 136 valence electrons. The van der Waals surface area contributed by atoms with Gasteiger partial charge in [-0.2, -0.15) is 0 Å². The Morgan fingerprint density at radius 3 is 1.81 bits per heavy atom. The summed E-state index contributed by atoms with van der Waals surface area (Å²) < 4.78 is 10.6. The van der Waals surface area contributed by atoms with Gasteiger partial charge in [0.15, 0.2) is 0 Å². The van der Waals surface area contributed by atoms with E-state index in [1.165, 1.54) is 0 Å². The van der Waals surface area contributed by atoms with Gasteiger partial charge in [-0.15, -0.1) is 0 Å². The van der Waals surface area contributed by atoms with Crippen molar-refractivity contribution >= 4 is 11.9 Å². The van der Waals surface area contributed by atoms with Crippen LogP contribution < -0.4 is 0 Å². The van der Waals surface area contributed by atoms with Gasteiger partial charge in [-0.3, -0.25) is 4.79 Å². The van der Waals surface area contributed by atoms with E-state index in [4.69, 9.17) is 9.47 Å². The molecule has 0 aliphatic carbocycles. The van der Waals surface area contributed by atoms with Crippen molar-refractivity contribution in [3.63, 3.8) is 0 Å². The van der Waals surface area contributed by atoms with Gasteiger partial charge in [-0.05, 0) is 31.4 Å². The van der Waals surface area contributed by atoms with Crippen LogP contribution in [-0.4, -0.2) is 11.9 Å². The molecule has 0 spiro atoms. The number of hydrogen-bond donors (Lipinski definition) is 0. The van der Waals surface area contributed by atoms with Gasteiger partial charge in [-0.1, -0.05) is 67.2 Å². The number of ether oxygens (including phenoxy) is 2. The van der Waals surface area contributed by atoms with Crippen LogP contribution in [0.15, 0.2) is 72.8 Å². The lowest BCUT2D eigenvalue weighted by atomic mass is 9.86. The van der Waals surface area contributed by atoms with Gasteiger partial charge >= 0.3 is 11.9 Å². The predicted molar refractivity (Wildman–Crippen MR) is 100 cm³/mol. The number of hydrogen-bond acceptors (Lipinski definition) is 4. The lowest BCUT2D eigenvalue weighted by Gasteiger charge is -2.23. The van der Waals surface area contributed by atoms with Crippen LogP contribution in [0.2, 0.25) is 0 Å². The average molecular weight is 352 g/mol. The van der Waals surface area contributed by atoms with Crippen molar-refractivity contribution in [2.75, 3.05) is 0 Å². The van der Waals surface area contributed by atoms with Gasteiger partial charge in [0.1, 0.15) is 13.2 Å². The molecular weight excluding hydrogens is 328 g/mol. The van der Waals surface area contributed by atoms with Crippen LogP contribution in [0.1, 0.15) is 31.4 Å². The van der Waals surface area contributed by atoms with E-state index in [0.717, 1.165) is 11.1 Å². The molecule has 0 aliphatic heterocycles. The predicted octanol–water partition coefficient (Wildman–Crippen LogP) is 4.45. The van der Waals surface area contributed by atoms with Crippen molar-refractivity contribution < 1.29 is 19.1 Å². The molecule has 2 aromatic carbocycles. The molecule has 0 atom stereocenters. The largest absolute Gasteiger partial charge is 0.460 e. The van der Waals surface area contributed by atoms with Crippen molar-refractivity contribution in [1.29, 1.82) is 0 Å². The number of rotatable bonds is 8. The smallest absolute Gasteiger partial charge is 0.333 e. The zero-order valence-corrected chi connectivity index (χ0v) is 15.2. The molecule has 0 unspecified atom stereocenters. The molecule has 0 saturated heterocycles. The molecule has 0 aromatic heterocycles. The van der Waals surface area contributed by atoms with Crippen molar-refractivity contribution in [2.24, 2.45) is 5.41 Å². The van der Waals surface area contributed by atoms with E-state index in [0.29, 0.717) is 0 Å². The molecule has 0 N–H and O–H groups in total. The van der Waals surface area contributed by atoms with Crippen LogP contribution in [0.4, 0.5) is 0 Å². The molecular formula is C22H24O4. The standard InChI is InChI=1S/C22H24O4/c1-17(20(23)25-15-18-10-6-4-7-11-18)14-22(2,3)21(24)26-16-19-12-8-5-9-13-19/h4-13H,1,14-16H2,2-3H3. The highest BCUT2D eigenvalue weighted by molar-refractivity contribution is 5.89. The second kappa shape index (κ2) is 8.99. The fourth-order valence-corrected chi connectivity index (χ4v) is 2.42. The molecule has 0 bridgehead atoms. The third kappa shape index (κ3) is 5.88. The molecule has 0 amide bonds. The van der Waals surface area contributed by atoms with E-state index in [2.05, 4.69) is 6.58 Å². The van der Waals surface area contributed by atoms with E-state index in [-0.39, 0.29) is 31.2 Å². The maximum Gasteiger partial charge on any atom is 0.333 e. The second-order valence-corrected chi connectivity index (χ2v) is 6.79. The number of carbonyl (C=O) groups is 2. The van der Waals surface area contributed by atoms with E-state index in [1.54, 1.807) is 13.8 Å². The fraction of sp³-hybridized carbons (Fsp3) is 0.273.